The van der Waals surface area contributed by atoms with Gasteiger partial charge in [0, 0.05) is 30.1 Å². The van der Waals surface area contributed by atoms with Crippen molar-refractivity contribution >= 4 is 23.4 Å². The summed E-state index contributed by atoms with van der Waals surface area (Å²) in [6.45, 7) is 0.683. The molecule has 2 rings (SSSR count). The maximum atomic E-state index is 13.0. The van der Waals surface area contributed by atoms with Crippen molar-refractivity contribution in [3.05, 3.63) is 70.5 Å². The smallest absolute Gasteiger partial charge is 0.251 e. The summed E-state index contributed by atoms with van der Waals surface area (Å²) in [7, 11) is 0. The second kappa shape index (κ2) is 9.03. The molecule has 0 heterocycles. The first-order valence-corrected chi connectivity index (χ1v) is 7.97. The Morgan fingerprint density at radius 3 is 2.50 bits per heavy atom. The van der Waals surface area contributed by atoms with Crippen LogP contribution in [0.1, 0.15) is 28.8 Å². The molecule has 6 heteroatoms. The largest absolute Gasteiger partial charge is 0.352 e. The van der Waals surface area contributed by atoms with Crippen LogP contribution in [0, 0.1) is 5.82 Å². The molecular weight excluding hydrogens is 331 g/mol. The van der Waals surface area contributed by atoms with E-state index in [1.807, 2.05) is 0 Å². The van der Waals surface area contributed by atoms with Crippen molar-refractivity contribution in [1.29, 1.82) is 0 Å². The van der Waals surface area contributed by atoms with Crippen molar-refractivity contribution in [2.75, 3.05) is 6.54 Å². The van der Waals surface area contributed by atoms with Gasteiger partial charge < -0.3 is 10.6 Å². The van der Waals surface area contributed by atoms with E-state index in [4.69, 9.17) is 11.6 Å². The Bertz CT molecular complexity index is 704. The molecule has 0 aromatic heterocycles. The lowest BCUT2D eigenvalue weighted by molar-refractivity contribution is -0.121. The SMILES string of the molecule is O=C(CCCNC(=O)c1ccc(Cl)cc1)NCc1cccc(F)c1. The fraction of sp³-hybridized carbons (Fsp3) is 0.222. The normalized spacial score (nSPS) is 10.2. The van der Waals surface area contributed by atoms with Gasteiger partial charge in [0.25, 0.3) is 5.91 Å². The number of hydrogen-bond acceptors (Lipinski definition) is 2. The Balaban J connectivity index is 1.64. The number of halogens is 2. The predicted molar refractivity (Wildman–Crippen MR) is 91.3 cm³/mol. The summed E-state index contributed by atoms with van der Waals surface area (Å²) in [6, 6.07) is 12.7. The fourth-order valence-electron chi connectivity index (χ4n) is 2.09. The Morgan fingerprint density at radius 1 is 1.04 bits per heavy atom. The summed E-state index contributed by atoms with van der Waals surface area (Å²) in [5, 5.41) is 6.03. The molecule has 0 fully saturated rings. The summed E-state index contributed by atoms with van der Waals surface area (Å²) in [6.07, 6.45) is 0.810. The highest BCUT2D eigenvalue weighted by Crippen LogP contribution is 2.09. The van der Waals surface area contributed by atoms with Crippen LogP contribution in [-0.4, -0.2) is 18.4 Å². The Hall–Kier alpha value is -2.40. The Labute approximate surface area is 145 Å². The van der Waals surface area contributed by atoms with E-state index in [2.05, 4.69) is 10.6 Å². The van der Waals surface area contributed by atoms with Crippen LogP contribution in [0.15, 0.2) is 48.5 Å². The van der Waals surface area contributed by atoms with E-state index in [0.29, 0.717) is 29.1 Å². The monoisotopic (exact) mass is 348 g/mol. The molecular formula is C18H18ClFN2O2. The topological polar surface area (TPSA) is 58.2 Å². The number of nitrogens with one attached hydrogen (secondary N) is 2. The molecule has 4 nitrogen and oxygen atoms in total. The van der Waals surface area contributed by atoms with E-state index in [1.54, 1.807) is 36.4 Å². The lowest BCUT2D eigenvalue weighted by atomic mass is 10.2. The van der Waals surface area contributed by atoms with Crippen LogP contribution < -0.4 is 10.6 Å². The number of carbonyl (C=O) groups excluding carboxylic acids is 2. The third-order valence-electron chi connectivity index (χ3n) is 3.35. The third-order valence-corrected chi connectivity index (χ3v) is 3.60. The van der Waals surface area contributed by atoms with Crippen molar-refractivity contribution in [3.63, 3.8) is 0 Å². The number of amides is 2. The first-order valence-electron chi connectivity index (χ1n) is 7.59. The Kier molecular flexibility index (Phi) is 6.75. The highest BCUT2D eigenvalue weighted by atomic mass is 35.5. The van der Waals surface area contributed by atoms with Crippen LogP contribution >= 0.6 is 11.6 Å². The molecule has 0 aliphatic carbocycles. The Morgan fingerprint density at radius 2 is 1.79 bits per heavy atom. The second-order valence-electron chi connectivity index (χ2n) is 5.27. The van der Waals surface area contributed by atoms with Crippen molar-refractivity contribution in [1.82, 2.24) is 10.6 Å². The number of benzene rings is 2. The van der Waals surface area contributed by atoms with Gasteiger partial charge in [-0.3, -0.25) is 9.59 Å². The molecule has 2 amide bonds. The molecule has 24 heavy (non-hydrogen) atoms. The average molecular weight is 349 g/mol. The molecule has 0 radical (unpaired) electrons. The van der Waals surface area contributed by atoms with Gasteiger partial charge in [0.1, 0.15) is 5.82 Å². The van der Waals surface area contributed by atoms with Gasteiger partial charge in [-0.25, -0.2) is 4.39 Å². The average Bonchev–Trinajstić information content (AvgIpc) is 2.57. The van der Waals surface area contributed by atoms with Gasteiger partial charge in [-0.1, -0.05) is 23.7 Å². The van der Waals surface area contributed by atoms with E-state index in [-0.39, 0.29) is 30.6 Å². The molecule has 0 spiro atoms. The summed E-state index contributed by atoms with van der Waals surface area (Å²) in [5.41, 5.74) is 1.23. The molecule has 0 atom stereocenters. The lowest BCUT2D eigenvalue weighted by Gasteiger charge is -2.07. The number of hydrogen-bond donors (Lipinski definition) is 2. The lowest BCUT2D eigenvalue weighted by Crippen LogP contribution is -2.27. The minimum Gasteiger partial charge on any atom is -0.352 e. The zero-order valence-corrected chi connectivity index (χ0v) is 13.8. The van der Waals surface area contributed by atoms with Gasteiger partial charge >= 0.3 is 0 Å². The molecule has 126 valence electrons. The molecule has 2 N–H and O–H groups in total. The van der Waals surface area contributed by atoms with Crippen molar-refractivity contribution in [2.45, 2.75) is 19.4 Å². The predicted octanol–water partition coefficient (Wildman–Crippen LogP) is 3.31. The van der Waals surface area contributed by atoms with Gasteiger partial charge in [0.05, 0.1) is 0 Å². The summed E-state index contributed by atoms with van der Waals surface area (Å²) in [4.78, 5) is 23.6. The van der Waals surface area contributed by atoms with Crippen LogP contribution in [0.3, 0.4) is 0 Å². The summed E-state index contributed by atoms with van der Waals surface area (Å²) in [5.74, 6) is -0.668. The van der Waals surface area contributed by atoms with Gasteiger partial charge in [-0.15, -0.1) is 0 Å². The standard InChI is InChI=1S/C18H18ClFN2O2/c19-15-8-6-14(7-9-15)18(24)21-10-2-5-17(23)22-12-13-3-1-4-16(20)11-13/h1,3-4,6-9,11H,2,5,10,12H2,(H,21,24)(H,22,23). The van der Waals surface area contributed by atoms with Crippen molar-refractivity contribution in [3.8, 4) is 0 Å². The summed E-state index contributed by atoms with van der Waals surface area (Å²) >= 11 is 5.76. The zero-order valence-electron chi connectivity index (χ0n) is 13.0. The zero-order chi connectivity index (χ0) is 17.4. The third kappa shape index (κ3) is 6.01. The number of carbonyl (C=O) groups is 2. The van der Waals surface area contributed by atoms with E-state index in [1.165, 1.54) is 12.1 Å². The van der Waals surface area contributed by atoms with E-state index >= 15 is 0 Å². The molecule has 0 unspecified atom stereocenters. The quantitative estimate of drug-likeness (QED) is 0.754. The van der Waals surface area contributed by atoms with Crippen molar-refractivity contribution in [2.24, 2.45) is 0 Å². The first-order chi connectivity index (χ1) is 11.5. The molecule has 0 aliphatic heterocycles. The highest BCUT2D eigenvalue weighted by Gasteiger charge is 2.06. The van der Waals surface area contributed by atoms with E-state index < -0.39 is 0 Å². The fourth-order valence-corrected chi connectivity index (χ4v) is 2.22. The minimum atomic E-state index is -0.327. The van der Waals surface area contributed by atoms with Crippen LogP contribution in [0.25, 0.3) is 0 Å². The van der Waals surface area contributed by atoms with Gasteiger partial charge in [-0.2, -0.15) is 0 Å². The van der Waals surface area contributed by atoms with Gasteiger partial charge in [-0.05, 0) is 48.4 Å². The maximum Gasteiger partial charge on any atom is 0.251 e. The molecule has 0 saturated heterocycles. The van der Waals surface area contributed by atoms with Crippen LogP contribution in [0.4, 0.5) is 4.39 Å². The van der Waals surface area contributed by atoms with Crippen LogP contribution in [0.2, 0.25) is 5.02 Å². The van der Waals surface area contributed by atoms with E-state index in [0.717, 1.165) is 0 Å². The second-order valence-corrected chi connectivity index (χ2v) is 5.71. The molecule has 0 saturated carbocycles. The summed E-state index contributed by atoms with van der Waals surface area (Å²) < 4.78 is 13.0. The molecule has 2 aromatic carbocycles. The molecule has 0 aliphatic rings. The highest BCUT2D eigenvalue weighted by molar-refractivity contribution is 6.30. The minimum absolute atomic E-state index is 0.139. The van der Waals surface area contributed by atoms with Crippen LogP contribution in [0.5, 0.6) is 0 Å². The van der Waals surface area contributed by atoms with Crippen LogP contribution in [-0.2, 0) is 11.3 Å². The molecule has 0 bridgehead atoms. The first kappa shape index (κ1) is 17.9. The molecule has 2 aromatic rings. The van der Waals surface area contributed by atoms with Gasteiger partial charge in [0.15, 0.2) is 0 Å². The van der Waals surface area contributed by atoms with Gasteiger partial charge in [0.2, 0.25) is 5.91 Å². The number of rotatable bonds is 7. The van der Waals surface area contributed by atoms with Crippen molar-refractivity contribution < 1.29 is 14.0 Å². The van der Waals surface area contributed by atoms with E-state index in [9.17, 15) is 14.0 Å². The maximum absolute atomic E-state index is 13.0.